The van der Waals surface area contributed by atoms with Crippen molar-refractivity contribution < 1.29 is 0 Å². The highest BCUT2D eigenvalue weighted by molar-refractivity contribution is 5.40. The summed E-state index contributed by atoms with van der Waals surface area (Å²) in [5, 5.41) is 3.45. The molecule has 0 aromatic carbocycles. The highest BCUT2D eigenvalue weighted by Crippen LogP contribution is 2.23. The molecule has 3 heterocycles. The van der Waals surface area contributed by atoms with Crippen LogP contribution in [0.15, 0.2) is 30.7 Å². The third-order valence-electron chi connectivity index (χ3n) is 3.18. The van der Waals surface area contributed by atoms with Crippen molar-refractivity contribution in [3.63, 3.8) is 0 Å². The zero-order chi connectivity index (χ0) is 10.1. The fourth-order valence-corrected chi connectivity index (χ4v) is 2.32. The molecule has 2 aromatic rings. The highest BCUT2D eigenvalue weighted by Gasteiger charge is 2.15. The van der Waals surface area contributed by atoms with E-state index in [0.29, 0.717) is 5.92 Å². The average Bonchev–Trinajstić information content (AvgIpc) is 2.77. The van der Waals surface area contributed by atoms with Gasteiger partial charge in [0.25, 0.3) is 0 Å². The number of hydrogen-bond donors (Lipinski definition) is 1. The van der Waals surface area contributed by atoms with Crippen molar-refractivity contribution in [1.82, 2.24) is 14.7 Å². The molecule has 0 radical (unpaired) electrons. The molecule has 2 aromatic heterocycles. The maximum Gasteiger partial charge on any atom is 0.136 e. The lowest BCUT2D eigenvalue weighted by molar-refractivity contribution is 0.460. The van der Waals surface area contributed by atoms with Crippen LogP contribution in [-0.4, -0.2) is 22.5 Å². The monoisotopic (exact) mass is 201 g/mol. The minimum absolute atomic E-state index is 0.672. The van der Waals surface area contributed by atoms with Crippen LogP contribution in [0.2, 0.25) is 0 Å². The van der Waals surface area contributed by atoms with Gasteiger partial charge in [0.05, 0.1) is 0 Å². The van der Waals surface area contributed by atoms with Gasteiger partial charge in [0.1, 0.15) is 5.65 Å². The van der Waals surface area contributed by atoms with Crippen LogP contribution in [0.25, 0.3) is 5.65 Å². The van der Waals surface area contributed by atoms with Gasteiger partial charge in [-0.25, -0.2) is 4.98 Å². The first-order chi connectivity index (χ1) is 7.43. The first-order valence-corrected chi connectivity index (χ1v) is 5.57. The Hall–Kier alpha value is -1.35. The maximum absolute atomic E-state index is 4.25. The molecule has 3 rings (SSSR count). The molecule has 1 aliphatic heterocycles. The van der Waals surface area contributed by atoms with Crippen LogP contribution in [0.3, 0.4) is 0 Å². The van der Waals surface area contributed by atoms with E-state index in [1.165, 1.54) is 24.9 Å². The van der Waals surface area contributed by atoms with Crippen molar-refractivity contribution in [3.05, 3.63) is 36.3 Å². The summed E-state index contributed by atoms with van der Waals surface area (Å²) < 4.78 is 2.10. The molecule has 15 heavy (non-hydrogen) atoms. The summed E-state index contributed by atoms with van der Waals surface area (Å²) in [4.78, 5) is 4.25. The molecule has 1 N–H and O–H groups in total. The molecule has 3 heteroatoms. The van der Waals surface area contributed by atoms with Gasteiger partial charge in [-0.15, -0.1) is 0 Å². The molecule has 78 valence electrons. The SMILES string of the molecule is c1cn2cc(C3CCCNC3)ccc2n1. The minimum atomic E-state index is 0.672. The molecule has 1 saturated heterocycles. The summed E-state index contributed by atoms with van der Waals surface area (Å²) in [6.07, 6.45) is 8.65. The number of hydrogen-bond acceptors (Lipinski definition) is 2. The number of imidazole rings is 1. The third kappa shape index (κ3) is 1.63. The van der Waals surface area contributed by atoms with Crippen LogP contribution in [0.5, 0.6) is 0 Å². The fourth-order valence-electron chi connectivity index (χ4n) is 2.32. The van der Waals surface area contributed by atoms with Crippen LogP contribution >= 0.6 is 0 Å². The van der Waals surface area contributed by atoms with Gasteiger partial charge in [-0.1, -0.05) is 6.07 Å². The van der Waals surface area contributed by atoms with Gasteiger partial charge in [0.15, 0.2) is 0 Å². The van der Waals surface area contributed by atoms with Gasteiger partial charge in [-0.3, -0.25) is 0 Å². The summed E-state index contributed by atoms with van der Waals surface area (Å²) in [5.41, 5.74) is 2.45. The van der Waals surface area contributed by atoms with E-state index >= 15 is 0 Å². The Kier molecular flexibility index (Phi) is 2.18. The maximum atomic E-state index is 4.25. The molecule has 0 bridgehead atoms. The third-order valence-corrected chi connectivity index (χ3v) is 3.18. The minimum Gasteiger partial charge on any atom is -0.316 e. The van der Waals surface area contributed by atoms with E-state index < -0.39 is 0 Å². The highest BCUT2D eigenvalue weighted by atomic mass is 15.0. The summed E-state index contributed by atoms with van der Waals surface area (Å²) >= 11 is 0. The zero-order valence-electron chi connectivity index (χ0n) is 8.69. The summed E-state index contributed by atoms with van der Waals surface area (Å²) in [7, 11) is 0. The molecule has 1 aliphatic rings. The summed E-state index contributed by atoms with van der Waals surface area (Å²) in [6.45, 7) is 2.28. The Morgan fingerprint density at radius 1 is 1.40 bits per heavy atom. The van der Waals surface area contributed by atoms with E-state index in [-0.39, 0.29) is 0 Å². The van der Waals surface area contributed by atoms with Crippen LogP contribution in [0.4, 0.5) is 0 Å². The number of rotatable bonds is 1. The normalized spacial score (nSPS) is 22.0. The standard InChI is InChI=1S/C12H15N3/c1-2-10(8-13-5-1)11-3-4-12-14-6-7-15(12)9-11/h3-4,6-7,9-10,13H,1-2,5,8H2. The number of piperidine rings is 1. The molecule has 1 unspecified atom stereocenters. The molecule has 0 spiro atoms. The summed E-state index contributed by atoms with van der Waals surface area (Å²) in [5.74, 6) is 0.672. The van der Waals surface area contributed by atoms with Crippen LogP contribution in [0, 0.1) is 0 Å². The molecule has 1 atom stereocenters. The molecule has 0 saturated carbocycles. The van der Waals surface area contributed by atoms with E-state index in [2.05, 4.69) is 33.0 Å². The van der Waals surface area contributed by atoms with E-state index in [1.807, 2.05) is 12.4 Å². The lowest BCUT2D eigenvalue weighted by Gasteiger charge is -2.23. The predicted octanol–water partition coefficient (Wildman–Crippen LogP) is 1.80. The molecular formula is C12H15N3. The molecule has 3 nitrogen and oxygen atoms in total. The number of nitrogens with one attached hydrogen (secondary N) is 1. The van der Waals surface area contributed by atoms with Gasteiger partial charge in [0.2, 0.25) is 0 Å². The van der Waals surface area contributed by atoms with E-state index in [4.69, 9.17) is 0 Å². The Balaban J connectivity index is 1.95. The molecule has 1 fully saturated rings. The number of aromatic nitrogens is 2. The van der Waals surface area contributed by atoms with Crippen molar-refractivity contribution in [1.29, 1.82) is 0 Å². The van der Waals surface area contributed by atoms with Crippen molar-refractivity contribution in [2.45, 2.75) is 18.8 Å². The quantitative estimate of drug-likeness (QED) is 0.762. The fraction of sp³-hybridized carbons (Fsp3) is 0.417. The van der Waals surface area contributed by atoms with Crippen LogP contribution in [0.1, 0.15) is 24.3 Å². The second-order valence-corrected chi connectivity index (χ2v) is 4.20. The Bertz CT molecular complexity index is 455. The van der Waals surface area contributed by atoms with E-state index in [1.54, 1.807) is 0 Å². The molecular weight excluding hydrogens is 186 g/mol. The first kappa shape index (κ1) is 8.92. The molecule has 0 amide bonds. The smallest absolute Gasteiger partial charge is 0.136 e. The number of nitrogens with zero attached hydrogens (tertiary/aromatic N) is 2. The van der Waals surface area contributed by atoms with Crippen LogP contribution < -0.4 is 5.32 Å². The lowest BCUT2D eigenvalue weighted by atomic mass is 9.93. The van der Waals surface area contributed by atoms with Gasteiger partial charge in [0, 0.05) is 25.1 Å². The lowest BCUT2D eigenvalue weighted by Crippen LogP contribution is -2.28. The first-order valence-electron chi connectivity index (χ1n) is 5.57. The van der Waals surface area contributed by atoms with Gasteiger partial charge in [-0.05, 0) is 36.9 Å². The Morgan fingerprint density at radius 3 is 3.27 bits per heavy atom. The number of pyridine rings is 1. The second-order valence-electron chi connectivity index (χ2n) is 4.20. The summed E-state index contributed by atoms with van der Waals surface area (Å²) in [6, 6.07) is 4.31. The van der Waals surface area contributed by atoms with Crippen molar-refractivity contribution in [3.8, 4) is 0 Å². The zero-order valence-corrected chi connectivity index (χ0v) is 8.69. The Morgan fingerprint density at radius 2 is 2.40 bits per heavy atom. The van der Waals surface area contributed by atoms with Gasteiger partial charge >= 0.3 is 0 Å². The predicted molar refractivity (Wildman–Crippen MR) is 60.0 cm³/mol. The van der Waals surface area contributed by atoms with Crippen molar-refractivity contribution >= 4 is 5.65 Å². The topological polar surface area (TPSA) is 29.3 Å². The van der Waals surface area contributed by atoms with Crippen LogP contribution in [-0.2, 0) is 0 Å². The number of fused-ring (bicyclic) bond motifs is 1. The van der Waals surface area contributed by atoms with Gasteiger partial charge in [-0.2, -0.15) is 0 Å². The largest absolute Gasteiger partial charge is 0.316 e. The van der Waals surface area contributed by atoms with E-state index in [0.717, 1.165) is 12.2 Å². The average molecular weight is 201 g/mol. The second kappa shape index (κ2) is 3.66. The van der Waals surface area contributed by atoms with Crippen molar-refractivity contribution in [2.24, 2.45) is 0 Å². The van der Waals surface area contributed by atoms with Gasteiger partial charge < -0.3 is 9.72 Å². The molecule has 0 aliphatic carbocycles. The van der Waals surface area contributed by atoms with E-state index in [9.17, 15) is 0 Å². The Labute approximate surface area is 89.1 Å². The van der Waals surface area contributed by atoms with Crippen molar-refractivity contribution in [2.75, 3.05) is 13.1 Å².